The molecular formula is C20H39NO2. The van der Waals surface area contributed by atoms with Crippen molar-refractivity contribution >= 4 is 5.91 Å². The second kappa shape index (κ2) is 11.1. The summed E-state index contributed by atoms with van der Waals surface area (Å²) < 4.78 is 6.14. The number of ether oxygens (including phenoxy) is 1. The van der Waals surface area contributed by atoms with Gasteiger partial charge in [-0.05, 0) is 43.4 Å². The molecule has 1 amide bonds. The Morgan fingerprint density at radius 1 is 1.13 bits per heavy atom. The Labute approximate surface area is 144 Å². The van der Waals surface area contributed by atoms with Crippen LogP contribution in [-0.2, 0) is 9.53 Å². The van der Waals surface area contributed by atoms with Crippen LogP contribution in [0, 0.1) is 17.8 Å². The number of hydrogen-bond donors (Lipinski definition) is 0. The summed E-state index contributed by atoms with van der Waals surface area (Å²) in [6, 6.07) is 0. The molecule has 3 nitrogen and oxygen atoms in total. The van der Waals surface area contributed by atoms with Crippen molar-refractivity contribution in [3.05, 3.63) is 0 Å². The highest BCUT2D eigenvalue weighted by molar-refractivity contribution is 5.77. The first-order valence-electron chi connectivity index (χ1n) is 9.88. The molecule has 0 heterocycles. The third kappa shape index (κ3) is 7.24. The molecule has 1 rings (SSSR count). The molecule has 0 bridgehead atoms. The van der Waals surface area contributed by atoms with Gasteiger partial charge in [0.15, 0.2) is 0 Å². The van der Waals surface area contributed by atoms with E-state index in [9.17, 15) is 4.79 Å². The summed E-state index contributed by atoms with van der Waals surface area (Å²) in [5, 5.41) is 0. The SMILES string of the molecule is CCCCN(CCCC)C(=O)CO[C@@H]1C[C@H](C)CC[C@H]1C(C)C. The fourth-order valence-corrected chi connectivity index (χ4v) is 3.64. The van der Waals surface area contributed by atoms with E-state index in [1.807, 2.05) is 4.90 Å². The van der Waals surface area contributed by atoms with Gasteiger partial charge in [-0.3, -0.25) is 4.79 Å². The summed E-state index contributed by atoms with van der Waals surface area (Å²) >= 11 is 0. The molecule has 0 aliphatic heterocycles. The summed E-state index contributed by atoms with van der Waals surface area (Å²) in [5.41, 5.74) is 0. The van der Waals surface area contributed by atoms with Crippen LogP contribution in [0.15, 0.2) is 0 Å². The van der Waals surface area contributed by atoms with E-state index in [0.29, 0.717) is 11.8 Å². The van der Waals surface area contributed by atoms with Crippen molar-refractivity contribution in [2.24, 2.45) is 17.8 Å². The summed E-state index contributed by atoms with van der Waals surface area (Å²) in [6.07, 6.45) is 8.36. The Hall–Kier alpha value is -0.570. The van der Waals surface area contributed by atoms with Gasteiger partial charge in [0.2, 0.25) is 5.91 Å². The van der Waals surface area contributed by atoms with Crippen molar-refractivity contribution in [3.8, 4) is 0 Å². The first-order chi connectivity index (χ1) is 11.0. The van der Waals surface area contributed by atoms with E-state index in [1.165, 1.54) is 12.8 Å². The van der Waals surface area contributed by atoms with Gasteiger partial charge >= 0.3 is 0 Å². The van der Waals surface area contributed by atoms with Crippen molar-refractivity contribution in [1.82, 2.24) is 4.90 Å². The lowest BCUT2D eigenvalue weighted by Gasteiger charge is -2.37. The molecule has 0 aromatic rings. The molecular weight excluding hydrogens is 286 g/mol. The van der Waals surface area contributed by atoms with Crippen molar-refractivity contribution in [3.63, 3.8) is 0 Å². The van der Waals surface area contributed by atoms with Crippen LogP contribution < -0.4 is 0 Å². The Balaban J connectivity index is 2.52. The maximum atomic E-state index is 12.6. The topological polar surface area (TPSA) is 29.5 Å². The molecule has 0 N–H and O–H groups in total. The van der Waals surface area contributed by atoms with E-state index in [4.69, 9.17) is 4.74 Å². The molecule has 0 radical (unpaired) electrons. The van der Waals surface area contributed by atoms with Crippen LogP contribution in [0.25, 0.3) is 0 Å². The zero-order chi connectivity index (χ0) is 17.2. The van der Waals surface area contributed by atoms with Crippen molar-refractivity contribution in [1.29, 1.82) is 0 Å². The van der Waals surface area contributed by atoms with Gasteiger partial charge in [-0.15, -0.1) is 0 Å². The van der Waals surface area contributed by atoms with E-state index in [-0.39, 0.29) is 18.6 Å². The zero-order valence-electron chi connectivity index (χ0n) is 16.1. The Kier molecular flexibility index (Phi) is 9.85. The summed E-state index contributed by atoms with van der Waals surface area (Å²) in [5.74, 6) is 2.16. The number of amides is 1. The predicted octanol–water partition coefficient (Wildman–Crippen LogP) is 4.89. The van der Waals surface area contributed by atoms with Crippen LogP contribution in [-0.4, -0.2) is 36.6 Å². The molecule has 1 aliphatic carbocycles. The zero-order valence-corrected chi connectivity index (χ0v) is 16.1. The third-order valence-corrected chi connectivity index (χ3v) is 5.30. The average Bonchev–Trinajstić information content (AvgIpc) is 2.52. The lowest BCUT2D eigenvalue weighted by atomic mass is 9.75. The van der Waals surface area contributed by atoms with Gasteiger partial charge in [0.1, 0.15) is 6.61 Å². The highest BCUT2D eigenvalue weighted by Gasteiger charge is 2.32. The number of nitrogens with zero attached hydrogens (tertiary/aromatic N) is 1. The number of carbonyl (C=O) groups is 1. The number of carbonyl (C=O) groups excluding carboxylic acids is 1. The van der Waals surface area contributed by atoms with Gasteiger partial charge in [-0.1, -0.05) is 53.9 Å². The van der Waals surface area contributed by atoms with Crippen LogP contribution in [0.4, 0.5) is 0 Å². The average molecular weight is 326 g/mol. The monoisotopic (exact) mass is 325 g/mol. The van der Waals surface area contributed by atoms with Gasteiger partial charge in [-0.25, -0.2) is 0 Å². The van der Waals surface area contributed by atoms with E-state index in [2.05, 4.69) is 34.6 Å². The van der Waals surface area contributed by atoms with E-state index in [1.54, 1.807) is 0 Å². The molecule has 0 saturated heterocycles. The molecule has 1 aliphatic rings. The normalized spacial score (nSPS) is 24.9. The molecule has 0 aromatic carbocycles. The quantitative estimate of drug-likeness (QED) is 0.572. The molecule has 0 aromatic heterocycles. The maximum Gasteiger partial charge on any atom is 0.248 e. The van der Waals surface area contributed by atoms with Gasteiger partial charge in [0.25, 0.3) is 0 Å². The maximum absolute atomic E-state index is 12.6. The Bertz CT molecular complexity index is 322. The van der Waals surface area contributed by atoms with Crippen LogP contribution in [0.1, 0.15) is 79.6 Å². The van der Waals surface area contributed by atoms with Crippen molar-refractivity contribution < 1.29 is 9.53 Å². The van der Waals surface area contributed by atoms with Gasteiger partial charge in [0, 0.05) is 13.1 Å². The first-order valence-corrected chi connectivity index (χ1v) is 9.88. The summed E-state index contributed by atoms with van der Waals surface area (Å²) in [7, 11) is 0. The van der Waals surface area contributed by atoms with Crippen LogP contribution in [0.3, 0.4) is 0 Å². The Morgan fingerprint density at radius 2 is 1.74 bits per heavy atom. The third-order valence-electron chi connectivity index (χ3n) is 5.30. The molecule has 0 unspecified atom stereocenters. The Morgan fingerprint density at radius 3 is 2.26 bits per heavy atom. The molecule has 23 heavy (non-hydrogen) atoms. The van der Waals surface area contributed by atoms with Crippen LogP contribution in [0.2, 0.25) is 0 Å². The smallest absolute Gasteiger partial charge is 0.248 e. The lowest BCUT2D eigenvalue weighted by molar-refractivity contribution is -0.141. The van der Waals surface area contributed by atoms with E-state index < -0.39 is 0 Å². The van der Waals surface area contributed by atoms with E-state index >= 15 is 0 Å². The van der Waals surface area contributed by atoms with Gasteiger partial charge < -0.3 is 9.64 Å². The summed E-state index contributed by atoms with van der Waals surface area (Å²) in [4.78, 5) is 14.6. The van der Waals surface area contributed by atoms with Crippen molar-refractivity contribution in [2.45, 2.75) is 85.7 Å². The number of hydrogen-bond acceptors (Lipinski definition) is 2. The van der Waals surface area contributed by atoms with Gasteiger partial charge in [0.05, 0.1) is 6.10 Å². The van der Waals surface area contributed by atoms with Crippen LogP contribution >= 0.6 is 0 Å². The molecule has 0 spiro atoms. The fourth-order valence-electron chi connectivity index (χ4n) is 3.64. The molecule has 136 valence electrons. The fraction of sp³-hybridized carbons (Fsp3) is 0.950. The summed E-state index contributed by atoms with van der Waals surface area (Å²) in [6.45, 7) is 13.3. The second-order valence-electron chi connectivity index (χ2n) is 7.76. The second-order valence-corrected chi connectivity index (χ2v) is 7.76. The van der Waals surface area contributed by atoms with Crippen LogP contribution in [0.5, 0.6) is 0 Å². The lowest BCUT2D eigenvalue weighted by Crippen LogP contribution is -2.40. The predicted molar refractivity (Wildman–Crippen MR) is 97.5 cm³/mol. The number of rotatable bonds is 10. The molecule has 1 saturated carbocycles. The standard InChI is InChI=1S/C20H39NO2/c1-6-8-12-21(13-9-7-2)20(22)15-23-19-14-17(5)10-11-18(19)16(3)4/h16-19H,6-15H2,1-5H3/t17-,18+,19-/m1/s1. The van der Waals surface area contributed by atoms with Crippen molar-refractivity contribution in [2.75, 3.05) is 19.7 Å². The van der Waals surface area contributed by atoms with Gasteiger partial charge in [-0.2, -0.15) is 0 Å². The largest absolute Gasteiger partial charge is 0.368 e. The minimum Gasteiger partial charge on any atom is -0.368 e. The molecule has 3 heteroatoms. The minimum absolute atomic E-state index is 0.188. The minimum atomic E-state index is 0.188. The number of unbranched alkanes of at least 4 members (excludes halogenated alkanes) is 2. The highest BCUT2D eigenvalue weighted by Crippen LogP contribution is 2.35. The first kappa shape index (κ1) is 20.5. The van der Waals surface area contributed by atoms with E-state index in [0.717, 1.165) is 51.1 Å². The molecule has 1 fully saturated rings. The highest BCUT2D eigenvalue weighted by atomic mass is 16.5. The molecule has 3 atom stereocenters.